The molecule has 1 rings (SSSR count). The predicted molar refractivity (Wildman–Crippen MR) is 67.9 cm³/mol. The Morgan fingerprint density at radius 1 is 1.17 bits per heavy atom. The van der Waals surface area contributed by atoms with Crippen molar-refractivity contribution in [2.24, 2.45) is 0 Å². The highest BCUT2D eigenvalue weighted by molar-refractivity contribution is 5.74. The fourth-order valence-corrected chi connectivity index (χ4v) is 1.43. The van der Waals surface area contributed by atoms with Gasteiger partial charge in [-0.3, -0.25) is 9.59 Å². The Bertz CT molecular complexity index is 489. The van der Waals surface area contributed by atoms with Gasteiger partial charge in [-0.15, -0.1) is 0 Å². The van der Waals surface area contributed by atoms with Crippen molar-refractivity contribution in [3.8, 4) is 5.75 Å². The lowest BCUT2D eigenvalue weighted by molar-refractivity contribution is -0.142. The first-order valence-corrected chi connectivity index (χ1v) is 5.50. The Kier molecular flexibility index (Phi) is 4.66. The minimum Gasteiger partial charge on any atom is -0.461 e. The van der Waals surface area contributed by atoms with Crippen molar-refractivity contribution < 1.29 is 19.1 Å². The Hall–Kier alpha value is -2.10. The van der Waals surface area contributed by atoms with Crippen LogP contribution in [0.15, 0.2) is 24.8 Å². The van der Waals surface area contributed by atoms with Gasteiger partial charge in [-0.25, -0.2) is 0 Å². The first-order valence-electron chi connectivity index (χ1n) is 5.50. The van der Waals surface area contributed by atoms with E-state index < -0.39 is 5.97 Å². The maximum Gasteiger partial charge on any atom is 0.308 e. The predicted octanol–water partition coefficient (Wildman–Crippen LogP) is 2.71. The van der Waals surface area contributed by atoms with Crippen LogP contribution in [0.2, 0.25) is 0 Å². The summed E-state index contributed by atoms with van der Waals surface area (Å²) in [7, 11) is 0. The van der Waals surface area contributed by atoms with Crippen molar-refractivity contribution in [2.75, 3.05) is 0 Å². The molecule has 0 aromatic heterocycles. The Morgan fingerprint density at radius 2 is 1.83 bits per heavy atom. The van der Waals surface area contributed by atoms with Gasteiger partial charge in [0, 0.05) is 19.4 Å². The standard InChI is InChI=1S/C14H16O4/c1-9(2)13-6-5-12(8-17-10(3)15)7-14(13)18-11(4)16/h5-7H,1,8H2,2-4H3. The highest BCUT2D eigenvalue weighted by atomic mass is 16.5. The monoisotopic (exact) mass is 248 g/mol. The number of esters is 2. The van der Waals surface area contributed by atoms with Crippen molar-refractivity contribution >= 4 is 17.5 Å². The largest absolute Gasteiger partial charge is 0.461 e. The van der Waals surface area contributed by atoms with Crippen LogP contribution in [0.5, 0.6) is 5.75 Å². The van der Waals surface area contributed by atoms with Gasteiger partial charge in [0.1, 0.15) is 12.4 Å². The molecule has 0 atom stereocenters. The minimum atomic E-state index is -0.401. The highest BCUT2D eigenvalue weighted by Gasteiger charge is 2.09. The Labute approximate surface area is 106 Å². The van der Waals surface area contributed by atoms with Gasteiger partial charge in [-0.1, -0.05) is 18.7 Å². The van der Waals surface area contributed by atoms with E-state index in [1.54, 1.807) is 18.2 Å². The molecule has 1 aromatic carbocycles. The van der Waals surface area contributed by atoms with Crippen molar-refractivity contribution in [1.29, 1.82) is 0 Å². The van der Waals surface area contributed by atoms with E-state index in [0.717, 1.165) is 16.7 Å². The normalized spacial score (nSPS) is 9.72. The molecule has 0 saturated heterocycles. The SMILES string of the molecule is C=C(C)c1ccc(COC(C)=O)cc1OC(C)=O. The fourth-order valence-electron chi connectivity index (χ4n) is 1.43. The number of carbonyl (C=O) groups is 2. The molecule has 0 aliphatic heterocycles. The summed E-state index contributed by atoms with van der Waals surface area (Å²) >= 11 is 0. The van der Waals surface area contributed by atoms with Crippen molar-refractivity contribution in [3.05, 3.63) is 35.9 Å². The Balaban J connectivity index is 3.00. The topological polar surface area (TPSA) is 52.6 Å². The minimum absolute atomic E-state index is 0.153. The van der Waals surface area contributed by atoms with Crippen LogP contribution < -0.4 is 4.74 Å². The van der Waals surface area contributed by atoms with E-state index >= 15 is 0 Å². The van der Waals surface area contributed by atoms with Gasteiger partial charge in [0.05, 0.1) is 0 Å². The summed E-state index contributed by atoms with van der Waals surface area (Å²) in [6.45, 7) is 8.48. The molecular formula is C14H16O4. The third kappa shape index (κ3) is 4.05. The average molecular weight is 248 g/mol. The molecule has 4 heteroatoms. The van der Waals surface area contributed by atoms with Crippen molar-refractivity contribution in [1.82, 2.24) is 0 Å². The van der Waals surface area contributed by atoms with E-state index in [0.29, 0.717) is 5.75 Å². The average Bonchev–Trinajstić information content (AvgIpc) is 2.25. The van der Waals surface area contributed by atoms with E-state index in [-0.39, 0.29) is 12.6 Å². The van der Waals surface area contributed by atoms with Crippen LogP contribution in [-0.4, -0.2) is 11.9 Å². The number of benzene rings is 1. The number of carbonyl (C=O) groups excluding carboxylic acids is 2. The zero-order chi connectivity index (χ0) is 13.7. The van der Waals surface area contributed by atoms with Gasteiger partial charge in [0.2, 0.25) is 0 Å². The van der Waals surface area contributed by atoms with E-state index in [4.69, 9.17) is 9.47 Å². The van der Waals surface area contributed by atoms with E-state index in [2.05, 4.69) is 6.58 Å². The molecule has 18 heavy (non-hydrogen) atoms. The zero-order valence-electron chi connectivity index (χ0n) is 10.8. The summed E-state index contributed by atoms with van der Waals surface area (Å²) in [5.74, 6) is -0.324. The molecule has 0 amide bonds. The molecule has 0 radical (unpaired) electrons. The van der Waals surface area contributed by atoms with Gasteiger partial charge < -0.3 is 9.47 Å². The first-order chi connectivity index (χ1) is 8.40. The summed E-state index contributed by atoms with van der Waals surface area (Å²) in [5, 5.41) is 0. The maximum absolute atomic E-state index is 11.0. The lowest BCUT2D eigenvalue weighted by Crippen LogP contribution is -2.05. The molecule has 0 heterocycles. The van der Waals surface area contributed by atoms with Crippen LogP contribution in [0.3, 0.4) is 0 Å². The summed E-state index contributed by atoms with van der Waals surface area (Å²) in [4.78, 5) is 21.8. The smallest absolute Gasteiger partial charge is 0.308 e. The number of hydrogen-bond donors (Lipinski definition) is 0. The molecule has 0 saturated carbocycles. The van der Waals surface area contributed by atoms with E-state index in [9.17, 15) is 9.59 Å². The van der Waals surface area contributed by atoms with Crippen LogP contribution in [-0.2, 0) is 20.9 Å². The van der Waals surface area contributed by atoms with E-state index in [1.807, 2.05) is 6.92 Å². The molecular weight excluding hydrogens is 232 g/mol. The fraction of sp³-hybridized carbons (Fsp3) is 0.286. The third-order valence-corrected chi connectivity index (χ3v) is 2.20. The Morgan fingerprint density at radius 3 is 2.33 bits per heavy atom. The number of allylic oxidation sites excluding steroid dienone is 1. The van der Waals surface area contributed by atoms with Crippen LogP contribution >= 0.6 is 0 Å². The molecule has 0 aliphatic carbocycles. The molecule has 4 nitrogen and oxygen atoms in total. The molecule has 0 aliphatic rings. The van der Waals surface area contributed by atoms with Crippen LogP contribution in [0.1, 0.15) is 31.9 Å². The number of rotatable bonds is 4. The molecule has 1 aromatic rings. The van der Waals surface area contributed by atoms with Gasteiger partial charge in [-0.05, 0) is 24.1 Å². The quantitative estimate of drug-likeness (QED) is 0.607. The summed E-state index contributed by atoms with van der Waals surface area (Å²) in [5.41, 5.74) is 2.31. The van der Waals surface area contributed by atoms with Crippen LogP contribution in [0.4, 0.5) is 0 Å². The zero-order valence-corrected chi connectivity index (χ0v) is 10.8. The highest BCUT2D eigenvalue weighted by Crippen LogP contribution is 2.26. The third-order valence-electron chi connectivity index (χ3n) is 2.20. The van der Waals surface area contributed by atoms with Gasteiger partial charge in [0.25, 0.3) is 0 Å². The molecule has 0 unspecified atom stereocenters. The van der Waals surface area contributed by atoms with Crippen molar-refractivity contribution in [3.63, 3.8) is 0 Å². The summed E-state index contributed by atoms with van der Waals surface area (Å²) in [6, 6.07) is 5.27. The lowest BCUT2D eigenvalue weighted by atomic mass is 10.1. The number of ether oxygens (including phenoxy) is 2. The summed E-state index contributed by atoms with van der Waals surface area (Å²) in [6.07, 6.45) is 0. The van der Waals surface area contributed by atoms with Gasteiger partial charge in [-0.2, -0.15) is 0 Å². The molecule has 0 spiro atoms. The van der Waals surface area contributed by atoms with Crippen LogP contribution in [0, 0.1) is 0 Å². The first kappa shape index (κ1) is 14.0. The maximum atomic E-state index is 11.0. The summed E-state index contributed by atoms with van der Waals surface area (Å²) < 4.78 is 10.0. The van der Waals surface area contributed by atoms with Gasteiger partial charge >= 0.3 is 11.9 Å². The molecule has 0 fully saturated rings. The molecule has 0 N–H and O–H groups in total. The number of hydrogen-bond acceptors (Lipinski definition) is 4. The second kappa shape index (κ2) is 6.00. The molecule has 96 valence electrons. The van der Waals surface area contributed by atoms with Crippen molar-refractivity contribution in [2.45, 2.75) is 27.4 Å². The molecule has 0 bridgehead atoms. The van der Waals surface area contributed by atoms with Crippen LogP contribution in [0.25, 0.3) is 5.57 Å². The van der Waals surface area contributed by atoms with Gasteiger partial charge in [0.15, 0.2) is 0 Å². The lowest BCUT2D eigenvalue weighted by Gasteiger charge is -2.11. The second-order valence-corrected chi connectivity index (χ2v) is 3.98. The van der Waals surface area contributed by atoms with E-state index in [1.165, 1.54) is 13.8 Å². The second-order valence-electron chi connectivity index (χ2n) is 3.98.